The third-order valence-electron chi connectivity index (χ3n) is 6.35. The van der Waals surface area contributed by atoms with Crippen LogP contribution in [0.25, 0.3) is 16.7 Å². The van der Waals surface area contributed by atoms with E-state index < -0.39 is 5.60 Å². The van der Waals surface area contributed by atoms with Gasteiger partial charge in [-0.05, 0) is 56.0 Å². The van der Waals surface area contributed by atoms with Crippen molar-refractivity contribution in [3.05, 3.63) is 88.6 Å². The Hall–Kier alpha value is -3.38. The SMILES string of the molecule is Cn1c(C2CC2C(C)(C)O)nc2ccc(-n3ccc(OCc4ccccc4)cc3=O)cc21. The number of aryl methyl sites for hydroxylation is 1. The molecule has 2 aromatic carbocycles. The minimum absolute atomic E-state index is 0.151. The molecule has 32 heavy (non-hydrogen) atoms. The molecule has 6 nitrogen and oxygen atoms in total. The van der Waals surface area contributed by atoms with Gasteiger partial charge >= 0.3 is 0 Å². The van der Waals surface area contributed by atoms with E-state index in [2.05, 4.69) is 4.57 Å². The summed E-state index contributed by atoms with van der Waals surface area (Å²) in [5.41, 5.74) is 2.84. The zero-order valence-electron chi connectivity index (χ0n) is 18.5. The fourth-order valence-electron chi connectivity index (χ4n) is 4.44. The molecule has 0 spiro atoms. The van der Waals surface area contributed by atoms with Gasteiger partial charge in [-0.2, -0.15) is 0 Å². The van der Waals surface area contributed by atoms with Gasteiger partial charge in [-0.25, -0.2) is 4.98 Å². The van der Waals surface area contributed by atoms with Crippen LogP contribution in [-0.4, -0.2) is 24.8 Å². The van der Waals surface area contributed by atoms with Gasteiger partial charge in [-0.3, -0.25) is 9.36 Å². The quantitative estimate of drug-likeness (QED) is 0.499. The van der Waals surface area contributed by atoms with Gasteiger partial charge in [-0.15, -0.1) is 0 Å². The highest BCUT2D eigenvalue weighted by Gasteiger charge is 2.49. The number of hydrogen-bond acceptors (Lipinski definition) is 4. The third kappa shape index (κ3) is 3.82. The van der Waals surface area contributed by atoms with Gasteiger partial charge in [0, 0.05) is 25.2 Å². The van der Waals surface area contributed by atoms with E-state index in [1.807, 2.05) is 69.4 Å². The van der Waals surface area contributed by atoms with E-state index in [1.165, 1.54) is 6.07 Å². The van der Waals surface area contributed by atoms with Crippen LogP contribution in [-0.2, 0) is 13.7 Å². The van der Waals surface area contributed by atoms with Gasteiger partial charge in [0.1, 0.15) is 18.2 Å². The van der Waals surface area contributed by atoms with E-state index in [-0.39, 0.29) is 17.4 Å². The lowest BCUT2D eigenvalue weighted by molar-refractivity contribution is 0.0542. The molecule has 5 rings (SSSR count). The Morgan fingerprint density at radius 3 is 2.59 bits per heavy atom. The summed E-state index contributed by atoms with van der Waals surface area (Å²) in [5, 5.41) is 10.3. The number of pyridine rings is 1. The third-order valence-corrected chi connectivity index (χ3v) is 6.35. The summed E-state index contributed by atoms with van der Waals surface area (Å²) >= 11 is 0. The van der Waals surface area contributed by atoms with Gasteiger partial charge in [-0.1, -0.05) is 30.3 Å². The monoisotopic (exact) mass is 429 g/mol. The average molecular weight is 430 g/mol. The molecule has 1 aliphatic carbocycles. The highest BCUT2D eigenvalue weighted by Crippen LogP contribution is 2.53. The molecule has 2 heterocycles. The van der Waals surface area contributed by atoms with E-state index >= 15 is 0 Å². The average Bonchev–Trinajstić information content (AvgIpc) is 3.52. The zero-order valence-corrected chi connectivity index (χ0v) is 18.5. The highest BCUT2D eigenvalue weighted by molar-refractivity contribution is 5.78. The highest BCUT2D eigenvalue weighted by atomic mass is 16.5. The van der Waals surface area contributed by atoms with Crippen molar-refractivity contribution >= 4 is 11.0 Å². The maximum Gasteiger partial charge on any atom is 0.258 e. The Bertz CT molecular complexity index is 1330. The summed E-state index contributed by atoms with van der Waals surface area (Å²) in [4.78, 5) is 17.6. The molecule has 6 heteroatoms. The van der Waals surface area contributed by atoms with Crippen LogP contribution in [0.2, 0.25) is 0 Å². The normalized spacial score (nSPS) is 18.1. The first-order chi connectivity index (χ1) is 15.3. The second kappa shape index (κ2) is 7.64. The summed E-state index contributed by atoms with van der Waals surface area (Å²) in [7, 11) is 2.00. The van der Waals surface area contributed by atoms with Gasteiger partial charge in [0.05, 0.1) is 22.3 Å². The predicted octanol–water partition coefficient (Wildman–Crippen LogP) is 4.18. The molecule has 2 unspecified atom stereocenters. The predicted molar refractivity (Wildman–Crippen MR) is 124 cm³/mol. The van der Waals surface area contributed by atoms with Crippen molar-refractivity contribution in [3.63, 3.8) is 0 Å². The van der Waals surface area contributed by atoms with Crippen molar-refractivity contribution in [3.8, 4) is 11.4 Å². The van der Waals surface area contributed by atoms with Gasteiger partial charge in [0.25, 0.3) is 5.56 Å². The van der Waals surface area contributed by atoms with E-state index in [1.54, 1.807) is 16.8 Å². The maximum absolute atomic E-state index is 12.8. The molecule has 164 valence electrons. The molecule has 1 N–H and O–H groups in total. The Balaban J connectivity index is 1.40. The summed E-state index contributed by atoms with van der Waals surface area (Å²) in [6.45, 7) is 4.14. The first kappa shape index (κ1) is 20.5. The second-order valence-electron chi connectivity index (χ2n) is 9.15. The maximum atomic E-state index is 12.8. The number of nitrogens with zero attached hydrogens (tertiary/aromatic N) is 3. The minimum Gasteiger partial charge on any atom is -0.489 e. The topological polar surface area (TPSA) is 69.3 Å². The first-order valence-electron chi connectivity index (χ1n) is 10.9. The fourth-order valence-corrected chi connectivity index (χ4v) is 4.44. The van der Waals surface area contributed by atoms with E-state index in [9.17, 15) is 9.90 Å². The number of ether oxygens (including phenoxy) is 1. The molecular weight excluding hydrogens is 402 g/mol. The molecule has 1 fully saturated rings. The Morgan fingerprint density at radius 2 is 1.91 bits per heavy atom. The van der Waals surface area contributed by atoms with Gasteiger partial charge < -0.3 is 14.4 Å². The van der Waals surface area contributed by atoms with Crippen molar-refractivity contribution < 1.29 is 9.84 Å². The summed E-state index contributed by atoms with van der Waals surface area (Å²) in [6, 6.07) is 19.0. The number of aliphatic hydroxyl groups is 1. The molecule has 0 radical (unpaired) electrons. The molecule has 2 aromatic heterocycles. The van der Waals surface area contributed by atoms with Crippen LogP contribution < -0.4 is 10.3 Å². The number of imidazole rings is 1. The molecule has 2 atom stereocenters. The summed E-state index contributed by atoms with van der Waals surface area (Å²) in [5.74, 6) is 2.02. The van der Waals surface area contributed by atoms with Crippen LogP contribution in [0, 0.1) is 5.92 Å². The number of rotatable bonds is 6. The fraction of sp³-hybridized carbons (Fsp3) is 0.308. The van der Waals surface area contributed by atoms with Crippen LogP contribution in [0.15, 0.2) is 71.7 Å². The first-order valence-corrected chi connectivity index (χ1v) is 10.9. The summed E-state index contributed by atoms with van der Waals surface area (Å²) < 4.78 is 9.47. The molecule has 0 saturated heterocycles. The van der Waals surface area contributed by atoms with Gasteiger partial charge in [0.15, 0.2) is 0 Å². The van der Waals surface area contributed by atoms with Crippen LogP contribution in [0.5, 0.6) is 5.75 Å². The molecule has 0 bridgehead atoms. The number of aromatic nitrogens is 3. The lowest BCUT2D eigenvalue weighted by Gasteiger charge is -2.16. The molecular formula is C26H27N3O3. The second-order valence-corrected chi connectivity index (χ2v) is 9.15. The molecule has 0 amide bonds. The Morgan fingerprint density at radius 1 is 1.12 bits per heavy atom. The molecule has 1 saturated carbocycles. The standard InChI is InChI=1S/C26H27N3O3/c1-26(2,31)21-15-20(21)25-27-22-10-9-18(13-23(22)28(25)3)29-12-11-19(14-24(29)30)32-16-17-7-5-4-6-8-17/h4-14,20-21,31H,15-16H2,1-3H3. The minimum atomic E-state index is -0.703. The summed E-state index contributed by atoms with van der Waals surface area (Å²) in [6.07, 6.45) is 2.68. The van der Waals surface area contributed by atoms with Crippen molar-refractivity contribution in [1.29, 1.82) is 0 Å². The Labute approximate surface area is 186 Å². The van der Waals surface area contributed by atoms with Crippen molar-refractivity contribution in [2.24, 2.45) is 13.0 Å². The Kier molecular flexibility index (Phi) is 4.90. The zero-order chi connectivity index (χ0) is 22.5. The van der Waals surface area contributed by atoms with Gasteiger partial charge in [0.2, 0.25) is 0 Å². The van der Waals surface area contributed by atoms with Crippen LogP contribution in [0.4, 0.5) is 0 Å². The van der Waals surface area contributed by atoms with Crippen molar-refractivity contribution in [2.75, 3.05) is 0 Å². The number of fused-ring (bicyclic) bond motifs is 1. The smallest absolute Gasteiger partial charge is 0.258 e. The lowest BCUT2D eigenvalue weighted by atomic mass is 10.0. The number of benzene rings is 2. The van der Waals surface area contributed by atoms with Crippen molar-refractivity contribution in [2.45, 2.75) is 38.4 Å². The van der Waals surface area contributed by atoms with E-state index in [0.717, 1.165) is 34.5 Å². The van der Waals surface area contributed by atoms with E-state index in [0.29, 0.717) is 12.4 Å². The van der Waals surface area contributed by atoms with Crippen LogP contribution in [0.3, 0.4) is 0 Å². The van der Waals surface area contributed by atoms with Crippen LogP contribution in [0.1, 0.15) is 37.6 Å². The molecule has 4 aromatic rings. The largest absolute Gasteiger partial charge is 0.489 e. The van der Waals surface area contributed by atoms with Crippen molar-refractivity contribution in [1.82, 2.24) is 14.1 Å². The number of hydrogen-bond donors (Lipinski definition) is 1. The molecule has 0 aliphatic heterocycles. The lowest BCUT2D eigenvalue weighted by Crippen LogP contribution is -2.22. The van der Waals surface area contributed by atoms with E-state index in [4.69, 9.17) is 9.72 Å². The van der Waals surface area contributed by atoms with Crippen LogP contribution >= 0.6 is 0 Å². The molecule has 1 aliphatic rings.